The summed E-state index contributed by atoms with van der Waals surface area (Å²) in [5.41, 5.74) is -3.96. The predicted molar refractivity (Wildman–Crippen MR) is 264 cm³/mol. The molecule has 1 aromatic rings. The number of aliphatic hydroxyl groups is 5. The zero-order valence-corrected chi connectivity index (χ0v) is 45.4. The first-order valence-corrected chi connectivity index (χ1v) is 27.2. The summed E-state index contributed by atoms with van der Waals surface area (Å²) in [5, 5.41) is 62.2. The van der Waals surface area contributed by atoms with Crippen molar-refractivity contribution in [3.05, 3.63) is 29.8 Å². The molecule has 3 aliphatic heterocycles. The van der Waals surface area contributed by atoms with E-state index in [1.54, 1.807) is 60.6 Å². The Bertz CT molecular complexity index is 1970. The van der Waals surface area contributed by atoms with E-state index in [9.17, 15) is 47.9 Å². The van der Waals surface area contributed by atoms with E-state index in [2.05, 4.69) is 5.32 Å². The maximum Gasteiger partial charge on any atom is 0.311 e. The molecule has 20 heteroatoms. The number of nitrogens with zero attached hydrogens (tertiary/aromatic N) is 2. The molecule has 19 atom stereocenters. The fourth-order valence-electron chi connectivity index (χ4n) is 10.9. The molecule has 0 bridgehead atoms. The van der Waals surface area contributed by atoms with Gasteiger partial charge in [0.25, 0.3) is 0 Å². The Morgan fingerprint density at radius 1 is 1.00 bits per heavy atom. The first-order valence-electron chi connectivity index (χ1n) is 25.3. The number of ether oxygens (including phenoxy) is 6. The van der Waals surface area contributed by atoms with Crippen LogP contribution in [-0.2, 0) is 54.3 Å². The third-order valence-corrected chi connectivity index (χ3v) is 16.5. The van der Waals surface area contributed by atoms with Gasteiger partial charge in [-0.05, 0) is 125 Å². The van der Waals surface area contributed by atoms with Crippen molar-refractivity contribution in [2.24, 2.45) is 17.8 Å². The van der Waals surface area contributed by atoms with Crippen LogP contribution < -0.4 is 5.32 Å². The third-order valence-electron chi connectivity index (χ3n) is 15.4. The molecule has 0 aromatic heterocycles. The summed E-state index contributed by atoms with van der Waals surface area (Å²) in [7, 11) is 1.71. The number of carbonyl (C=O) groups is 2. The molecule has 1 amide bonds. The topological polar surface area (TPSA) is 243 Å². The van der Waals surface area contributed by atoms with E-state index in [0.717, 1.165) is 6.26 Å². The van der Waals surface area contributed by atoms with Crippen LogP contribution in [0.3, 0.4) is 0 Å². The van der Waals surface area contributed by atoms with Gasteiger partial charge in [0.15, 0.2) is 22.4 Å². The molecule has 0 spiro atoms. The van der Waals surface area contributed by atoms with E-state index in [1.165, 1.54) is 26.2 Å². The van der Waals surface area contributed by atoms with Crippen molar-refractivity contribution in [3.63, 3.8) is 0 Å². The van der Waals surface area contributed by atoms with Gasteiger partial charge in [0.1, 0.15) is 36.7 Å². The highest BCUT2D eigenvalue weighted by Crippen LogP contribution is 2.40. The van der Waals surface area contributed by atoms with E-state index in [1.807, 2.05) is 37.7 Å². The van der Waals surface area contributed by atoms with Crippen molar-refractivity contribution in [2.45, 2.75) is 215 Å². The summed E-state index contributed by atoms with van der Waals surface area (Å²) in [6.45, 7) is 17.1. The minimum absolute atomic E-state index is 0.0685. The molecule has 4 rings (SSSR count). The van der Waals surface area contributed by atoms with Gasteiger partial charge < -0.3 is 69.1 Å². The molecule has 1 aromatic carbocycles. The number of nitrogens with one attached hydrogen (secondary N) is 1. The first-order chi connectivity index (χ1) is 32.9. The number of methoxy groups -OCH3 is 1. The average Bonchev–Trinajstić information content (AvgIpc) is 3.29. The van der Waals surface area contributed by atoms with Crippen LogP contribution in [0, 0.1) is 17.8 Å². The number of amides is 1. The van der Waals surface area contributed by atoms with Gasteiger partial charge in [-0.15, -0.1) is 0 Å². The van der Waals surface area contributed by atoms with Gasteiger partial charge >= 0.3 is 5.97 Å². The smallest absolute Gasteiger partial charge is 0.311 e. The van der Waals surface area contributed by atoms with Crippen molar-refractivity contribution in [1.29, 1.82) is 0 Å². The Kier molecular flexibility index (Phi) is 21.9. The normalized spacial score (nSPS) is 40.1. The van der Waals surface area contributed by atoms with Crippen molar-refractivity contribution in [2.75, 3.05) is 47.2 Å². The van der Waals surface area contributed by atoms with E-state index in [4.69, 9.17) is 28.4 Å². The van der Waals surface area contributed by atoms with Crippen LogP contribution in [0.1, 0.15) is 113 Å². The van der Waals surface area contributed by atoms with Crippen LogP contribution in [0.15, 0.2) is 29.2 Å². The van der Waals surface area contributed by atoms with Crippen LogP contribution >= 0.6 is 0 Å². The summed E-state index contributed by atoms with van der Waals surface area (Å²) < 4.78 is 75.8. The van der Waals surface area contributed by atoms with E-state index in [0.29, 0.717) is 31.5 Å². The zero-order valence-electron chi connectivity index (χ0n) is 44.6. The van der Waals surface area contributed by atoms with Gasteiger partial charge in [-0.3, -0.25) is 9.59 Å². The molecule has 0 unspecified atom stereocenters. The lowest BCUT2D eigenvalue weighted by atomic mass is 9.77. The van der Waals surface area contributed by atoms with E-state index in [-0.39, 0.29) is 48.8 Å². The van der Waals surface area contributed by atoms with E-state index >= 15 is 0 Å². The maximum atomic E-state index is 14.4. The number of cyclic esters (lactones) is 1. The number of esters is 1. The van der Waals surface area contributed by atoms with Gasteiger partial charge in [0.2, 0.25) is 5.91 Å². The number of halogens is 1. The lowest BCUT2D eigenvalue weighted by Gasteiger charge is -2.49. The average molecular weight is 1030 g/mol. The second kappa shape index (κ2) is 25.4. The Labute approximate surface area is 422 Å². The van der Waals surface area contributed by atoms with Gasteiger partial charge in [0.05, 0.1) is 52.5 Å². The quantitative estimate of drug-likeness (QED) is 0.130. The summed E-state index contributed by atoms with van der Waals surface area (Å²) in [4.78, 5) is 31.4. The molecule has 0 aliphatic carbocycles. The highest BCUT2D eigenvalue weighted by Gasteiger charge is 2.53. The van der Waals surface area contributed by atoms with Crippen molar-refractivity contribution in [3.8, 4) is 0 Å². The predicted octanol–water partition coefficient (Wildman–Crippen LogP) is 3.15. The van der Waals surface area contributed by atoms with Crippen molar-refractivity contribution in [1.82, 2.24) is 15.1 Å². The minimum Gasteiger partial charge on any atom is -0.459 e. The van der Waals surface area contributed by atoms with Crippen molar-refractivity contribution < 1.29 is 76.4 Å². The number of likely N-dealkylation sites (N-methyl/N-ethyl adjacent to an activating group) is 2. The molecular formula is C51H88FN3O15S. The first kappa shape index (κ1) is 61.1. The Morgan fingerprint density at radius 2 is 1.63 bits per heavy atom. The fourth-order valence-corrected chi connectivity index (χ4v) is 11.5. The number of benzene rings is 1. The Hall–Kier alpha value is -2.44. The van der Waals surface area contributed by atoms with E-state index < -0.39 is 131 Å². The molecule has 3 aliphatic rings. The fraction of sp³-hybridized carbons (Fsp3) is 0.843. The largest absolute Gasteiger partial charge is 0.459 e. The second-order valence-corrected chi connectivity index (χ2v) is 23.8. The Balaban J connectivity index is 1.62. The third kappa shape index (κ3) is 15.6. The minimum atomic E-state index is -3.39. The highest BCUT2D eigenvalue weighted by atomic mass is 32.2. The lowest BCUT2D eigenvalue weighted by Crippen LogP contribution is -2.61. The molecule has 0 radical (unpaired) electrons. The van der Waals surface area contributed by atoms with Gasteiger partial charge in [0, 0.05) is 50.8 Å². The zero-order chi connectivity index (χ0) is 53.6. The van der Waals surface area contributed by atoms with Crippen molar-refractivity contribution >= 4 is 21.7 Å². The molecule has 3 fully saturated rings. The standard InChI is InChI=1S/C51H88FN3O15S/c1-15-39-51(10,62)44(58)33(6)55(12)28-29(2)25-49(8,61)46(31(4)43(32(5)47(60)68-39)69-41-26-50(9,65-13)45(59)34(7)67-41)70-48-42(57)38(23-30(3)66-48)54(11)22-16-17-40(56)53-36(27-52)24-35-18-20-37(21-19-35)71(14,63)64/h18-21,29-34,36,38-39,41-46,48,57-59,61-62H,15-17,22-28H2,1-14H3,(H,53,56)/t29-,30-,31+,32-,33-,34+,36+,38+,39-,41+,42-,43+,44-,45+,46-,48+,49-,50-,51-/m1/s1. The number of carbonyl (C=O) groups excluding carboxylic acids is 2. The molecule has 0 saturated carbocycles. The Morgan fingerprint density at radius 3 is 2.21 bits per heavy atom. The summed E-state index contributed by atoms with van der Waals surface area (Å²) in [6.07, 6.45) is -8.03. The van der Waals surface area contributed by atoms with Gasteiger partial charge in [-0.25, -0.2) is 12.8 Å². The number of hydrogen-bond acceptors (Lipinski definition) is 17. The molecule has 71 heavy (non-hydrogen) atoms. The molecule has 3 saturated heterocycles. The van der Waals surface area contributed by atoms with Crippen LogP contribution in [0.4, 0.5) is 4.39 Å². The summed E-state index contributed by atoms with van der Waals surface area (Å²) >= 11 is 0. The molecule has 6 N–H and O–H groups in total. The maximum absolute atomic E-state index is 14.4. The van der Waals surface area contributed by atoms with Crippen LogP contribution in [0.2, 0.25) is 0 Å². The second-order valence-electron chi connectivity index (χ2n) is 21.8. The van der Waals surface area contributed by atoms with Crippen LogP contribution in [0.5, 0.6) is 0 Å². The number of sulfone groups is 1. The number of hydrogen-bond donors (Lipinski definition) is 6. The van der Waals surface area contributed by atoms with Crippen LogP contribution in [0.25, 0.3) is 0 Å². The van der Waals surface area contributed by atoms with Crippen LogP contribution in [-0.4, -0.2) is 199 Å². The number of rotatable bonds is 16. The van der Waals surface area contributed by atoms with Gasteiger partial charge in [-0.2, -0.15) is 0 Å². The molecular weight excluding hydrogens is 946 g/mol. The highest BCUT2D eigenvalue weighted by molar-refractivity contribution is 7.90. The molecule has 3 heterocycles. The SMILES string of the molecule is CC[C@H]1OC(=O)[C@H](C)[C@@H](O[C@H]2C[C@@](C)(OC)[C@@H](O)[C@H](C)O2)[C@H](C)[C@@H](O[C@@H]2O[C@H](C)C[C@H](N(C)CCCC(=O)N[C@H](CF)Cc3ccc(S(C)(=O)=O)cc3)[C@H]2O)[C@](C)(O)C[C@@H](C)CN(C)[C@H](C)[C@@H](O)[C@]1(C)O. The molecule has 410 valence electrons. The lowest BCUT2D eigenvalue weighted by molar-refractivity contribution is -0.318. The summed E-state index contributed by atoms with van der Waals surface area (Å²) in [5.74, 6) is -3.31. The summed E-state index contributed by atoms with van der Waals surface area (Å²) in [6, 6.07) is 4.17. The monoisotopic (exact) mass is 1030 g/mol. The van der Waals surface area contributed by atoms with Gasteiger partial charge in [-0.1, -0.05) is 32.9 Å². The number of alkyl halides is 1. The number of aliphatic hydroxyl groups excluding tert-OH is 3. The molecule has 18 nitrogen and oxygen atoms in total.